The molecule has 1 atom stereocenters. The fourth-order valence-electron chi connectivity index (χ4n) is 1.97. The monoisotopic (exact) mass is 290 g/mol. The first-order chi connectivity index (χ1) is 10.1. The molecular formula is C16H13F3N2. The number of hydrogen-bond donors (Lipinski definition) is 1. The molecule has 0 aromatic heterocycles. The van der Waals surface area contributed by atoms with E-state index in [2.05, 4.69) is 5.32 Å². The molecule has 0 spiro atoms. The van der Waals surface area contributed by atoms with E-state index >= 15 is 0 Å². The average molecular weight is 290 g/mol. The SMILES string of the molecule is N#CC(NCCc1ccc(F)cc1)c1ccc(F)cc1F. The Morgan fingerprint density at radius 3 is 2.29 bits per heavy atom. The molecule has 5 heteroatoms. The maximum atomic E-state index is 13.6. The molecule has 2 aromatic carbocycles. The summed E-state index contributed by atoms with van der Waals surface area (Å²) in [7, 11) is 0. The fraction of sp³-hybridized carbons (Fsp3) is 0.188. The standard InChI is InChI=1S/C16H13F3N2/c17-12-3-1-11(2-4-12)7-8-21-16(10-20)14-6-5-13(18)9-15(14)19/h1-6,9,16,21H,7-8H2. The molecule has 0 saturated heterocycles. The molecule has 0 aliphatic rings. The van der Waals surface area contributed by atoms with Crippen LogP contribution in [0.3, 0.4) is 0 Å². The van der Waals surface area contributed by atoms with Gasteiger partial charge in [-0.05, 0) is 30.2 Å². The number of rotatable bonds is 5. The molecule has 108 valence electrons. The zero-order valence-corrected chi connectivity index (χ0v) is 11.1. The van der Waals surface area contributed by atoms with Crippen molar-refractivity contribution in [2.45, 2.75) is 12.5 Å². The van der Waals surface area contributed by atoms with Crippen LogP contribution in [-0.4, -0.2) is 6.54 Å². The van der Waals surface area contributed by atoms with E-state index in [1.807, 2.05) is 6.07 Å². The van der Waals surface area contributed by atoms with Gasteiger partial charge in [0, 0.05) is 18.2 Å². The normalized spacial score (nSPS) is 11.9. The van der Waals surface area contributed by atoms with Crippen LogP contribution in [0.15, 0.2) is 42.5 Å². The summed E-state index contributed by atoms with van der Waals surface area (Å²) >= 11 is 0. The van der Waals surface area contributed by atoms with Crippen LogP contribution in [0.1, 0.15) is 17.2 Å². The Balaban J connectivity index is 1.97. The number of benzene rings is 2. The summed E-state index contributed by atoms with van der Waals surface area (Å²) in [6.45, 7) is 0.417. The van der Waals surface area contributed by atoms with Crippen molar-refractivity contribution >= 4 is 0 Å². The van der Waals surface area contributed by atoms with Gasteiger partial charge in [-0.15, -0.1) is 0 Å². The van der Waals surface area contributed by atoms with Crippen LogP contribution >= 0.6 is 0 Å². The highest BCUT2D eigenvalue weighted by atomic mass is 19.1. The zero-order chi connectivity index (χ0) is 15.2. The lowest BCUT2D eigenvalue weighted by Gasteiger charge is -2.12. The molecule has 0 radical (unpaired) electrons. The van der Waals surface area contributed by atoms with Crippen molar-refractivity contribution in [3.05, 3.63) is 71.0 Å². The van der Waals surface area contributed by atoms with E-state index in [1.165, 1.54) is 18.2 Å². The van der Waals surface area contributed by atoms with Gasteiger partial charge in [0.25, 0.3) is 0 Å². The average Bonchev–Trinajstić information content (AvgIpc) is 2.46. The van der Waals surface area contributed by atoms with E-state index in [-0.39, 0.29) is 11.4 Å². The lowest BCUT2D eigenvalue weighted by atomic mass is 10.1. The van der Waals surface area contributed by atoms with Crippen LogP contribution in [0.25, 0.3) is 0 Å². The number of nitrogens with zero attached hydrogens (tertiary/aromatic N) is 1. The van der Waals surface area contributed by atoms with Gasteiger partial charge in [0.15, 0.2) is 0 Å². The zero-order valence-electron chi connectivity index (χ0n) is 11.1. The maximum absolute atomic E-state index is 13.6. The largest absolute Gasteiger partial charge is 0.298 e. The van der Waals surface area contributed by atoms with E-state index in [1.54, 1.807) is 12.1 Å². The Morgan fingerprint density at radius 1 is 1.00 bits per heavy atom. The molecule has 21 heavy (non-hydrogen) atoms. The predicted molar refractivity (Wildman–Crippen MR) is 72.8 cm³/mol. The maximum Gasteiger partial charge on any atom is 0.131 e. The molecule has 0 aliphatic heterocycles. The summed E-state index contributed by atoms with van der Waals surface area (Å²) in [4.78, 5) is 0. The van der Waals surface area contributed by atoms with Crippen molar-refractivity contribution in [3.63, 3.8) is 0 Å². The Labute approximate surface area is 120 Å². The minimum atomic E-state index is -0.856. The first-order valence-corrected chi connectivity index (χ1v) is 6.42. The van der Waals surface area contributed by atoms with Crippen molar-refractivity contribution in [3.8, 4) is 6.07 Å². The van der Waals surface area contributed by atoms with E-state index in [0.29, 0.717) is 13.0 Å². The molecule has 0 heterocycles. The van der Waals surface area contributed by atoms with Crippen molar-refractivity contribution in [2.75, 3.05) is 6.54 Å². The van der Waals surface area contributed by atoms with E-state index in [9.17, 15) is 13.2 Å². The number of nitrogens with one attached hydrogen (secondary N) is 1. The Morgan fingerprint density at radius 2 is 1.67 bits per heavy atom. The fourth-order valence-corrected chi connectivity index (χ4v) is 1.97. The summed E-state index contributed by atoms with van der Waals surface area (Å²) in [5, 5.41) is 12.0. The van der Waals surface area contributed by atoms with Gasteiger partial charge in [0.05, 0.1) is 6.07 Å². The van der Waals surface area contributed by atoms with Gasteiger partial charge in [0.2, 0.25) is 0 Å². The van der Waals surface area contributed by atoms with Gasteiger partial charge < -0.3 is 0 Å². The Hall–Kier alpha value is -2.32. The Bertz CT molecular complexity index is 648. The van der Waals surface area contributed by atoms with Crippen LogP contribution < -0.4 is 5.32 Å². The van der Waals surface area contributed by atoms with Gasteiger partial charge in [-0.1, -0.05) is 18.2 Å². The number of halogens is 3. The highest BCUT2D eigenvalue weighted by molar-refractivity contribution is 5.26. The van der Waals surface area contributed by atoms with Crippen LogP contribution in [0, 0.1) is 28.8 Å². The van der Waals surface area contributed by atoms with Crippen LogP contribution in [0.2, 0.25) is 0 Å². The lowest BCUT2D eigenvalue weighted by Crippen LogP contribution is -2.23. The first-order valence-electron chi connectivity index (χ1n) is 6.42. The second-order valence-electron chi connectivity index (χ2n) is 4.56. The molecular weight excluding hydrogens is 277 g/mol. The van der Waals surface area contributed by atoms with Gasteiger partial charge in [-0.25, -0.2) is 13.2 Å². The van der Waals surface area contributed by atoms with Crippen LogP contribution in [-0.2, 0) is 6.42 Å². The van der Waals surface area contributed by atoms with E-state index < -0.39 is 17.7 Å². The van der Waals surface area contributed by atoms with Crippen molar-refractivity contribution in [1.82, 2.24) is 5.32 Å². The molecule has 0 bridgehead atoms. The highest BCUT2D eigenvalue weighted by Gasteiger charge is 2.15. The molecule has 2 rings (SSSR count). The molecule has 0 aliphatic carbocycles. The quantitative estimate of drug-likeness (QED) is 0.914. The van der Waals surface area contributed by atoms with Crippen LogP contribution in [0.4, 0.5) is 13.2 Å². The Kier molecular flexibility index (Phi) is 4.96. The van der Waals surface area contributed by atoms with Crippen molar-refractivity contribution < 1.29 is 13.2 Å². The summed E-state index contributed by atoms with van der Waals surface area (Å²) < 4.78 is 39.2. The van der Waals surface area contributed by atoms with Gasteiger partial charge >= 0.3 is 0 Å². The second-order valence-corrected chi connectivity index (χ2v) is 4.56. The summed E-state index contributed by atoms with van der Waals surface area (Å²) in [6.07, 6.45) is 0.571. The van der Waals surface area contributed by atoms with Crippen molar-refractivity contribution in [2.24, 2.45) is 0 Å². The molecule has 0 saturated carbocycles. The summed E-state index contributed by atoms with van der Waals surface area (Å²) in [6, 6.07) is 10.2. The topological polar surface area (TPSA) is 35.8 Å². The van der Waals surface area contributed by atoms with Gasteiger partial charge in [-0.3, -0.25) is 5.32 Å². The highest BCUT2D eigenvalue weighted by Crippen LogP contribution is 2.17. The molecule has 2 aromatic rings. The third-order valence-electron chi connectivity index (χ3n) is 3.08. The van der Waals surface area contributed by atoms with Gasteiger partial charge in [-0.2, -0.15) is 5.26 Å². The van der Waals surface area contributed by atoms with E-state index in [0.717, 1.165) is 17.7 Å². The lowest BCUT2D eigenvalue weighted by molar-refractivity contribution is 0.544. The molecule has 1 unspecified atom stereocenters. The third kappa shape index (κ3) is 4.07. The number of hydrogen-bond acceptors (Lipinski definition) is 2. The van der Waals surface area contributed by atoms with Crippen LogP contribution in [0.5, 0.6) is 0 Å². The molecule has 0 amide bonds. The summed E-state index contributed by atoms with van der Waals surface area (Å²) in [5.41, 5.74) is 1.01. The second kappa shape index (κ2) is 6.91. The number of nitriles is 1. The minimum absolute atomic E-state index is 0.109. The first kappa shape index (κ1) is 15.1. The molecule has 1 N–H and O–H groups in total. The smallest absolute Gasteiger partial charge is 0.131 e. The molecule has 0 fully saturated rings. The minimum Gasteiger partial charge on any atom is -0.298 e. The molecule has 2 nitrogen and oxygen atoms in total. The summed E-state index contributed by atoms with van der Waals surface area (Å²) in [5.74, 6) is -1.75. The van der Waals surface area contributed by atoms with Crippen molar-refractivity contribution in [1.29, 1.82) is 5.26 Å². The van der Waals surface area contributed by atoms with Gasteiger partial charge in [0.1, 0.15) is 23.5 Å². The third-order valence-corrected chi connectivity index (χ3v) is 3.08. The predicted octanol–water partition coefficient (Wildman–Crippen LogP) is 3.50. The van der Waals surface area contributed by atoms with E-state index in [4.69, 9.17) is 5.26 Å².